The van der Waals surface area contributed by atoms with Crippen molar-refractivity contribution in [1.82, 2.24) is 0 Å². The van der Waals surface area contributed by atoms with Crippen LogP contribution in [0.3, 0.4) is 0 Å². The Hall–Kier alpha value is -6.80. The molecular weight excluding hydrogens is 693 g/mol. The molecule has 0 aliphatic heterocycles. The van der Waals surface area contributed by atoms with Gasteiger partial charge < -0.3 is 0 Å². The van der Waals surface area contributed by atoms with Crippen molar-refractivity contribution in [2.24, 2.45) is 0 Å². The molecule has 11 aromatic rings. The molecule has 0 fully saturated rings. The Bertz CT molecular complexity index is 3430. The predicted octanol–water partition coefficient (Wildman–Crippen LogP) is 15.2. The highest BCUT2D eigenvalue weighted by Gasteiger charge is 2.53. The van der Waals surface area contributed by atoms with E-state index in [-0.39, 0.29) is 0 Å². The Labute approximate surface area is 328 Å². The lowest BCUT2D eigenvalue weighted by Gasteiger charge is -2.31. The standard InChI is InChI=1S/C55H32S/c1-3-17-36-33(14-1)16-13-25-38(36)51-41-21-7-5-19-39(41)50(40-20-6-8-22-42(40)51)35-28-30-43-48(32-35)55(47-31-29-34-15-2-4-18-37(34)52(43)47)46-26-11-9-23-44(46)54-53(55)45-24-10-12-27-49(45)56-54/h1-32H. The minimum Gasteiger partial charge on any atom is -0.135 e. The molecular formula is C55H32S. The van der Waals surface area contributed by atoms with E-state index in [2.05, 4.69) is 194 Å². The molecule has 1 heteroatoms. The maximum Gasteiger partial charge on any atom is 0.0740 e. The molecule has 0 N–H and O–H groups in total. The molecule has 56 heavy (non-hydrogen) atoms. The van der Waals surface area contributed by atoms with E-state index in [0.717, 1.165) is 0 Å². The Morgan fingerprint density at radius 3 is 1.66 bits per heavy atom. The number of hydrogen-bond donors (Lipinski definition) is 0. The Balaban J connectivity index is 1.18. The highest BCUT2D eigenvalue weighted by Crippen LogP contribution is 2.67. The molecule has 10 aromatic carbocycles. The minimum atomic E-state index is -0.454. The first kappa shape index (κ1) is 30.5. The van der Waals surface area contributed by atoms with Crippen molar-refractivity contribution in [3.8, 4) is 43.8 Å². The second-order valence-corrected chi connectivity index (χ2v) is 16.5. The first-order valence-corrected chi connectivity index (χ1v) is 20.3. The van der Waals surface area contributed by atoms with Crippen molar-refractivity contribution in [1.29, 1.82) is 0 Å². The Morgan fingerprint density at radius 1 is 0.321 bits per heavy atom. The lowest BCUT2D eigenvalue weighted by Crippen LogP contribution is -2.25. The average molecular weight is 725 g/mol. The van der Waals surface area contributed by atoms with Gasteiger partial charge in [-0.05, 0) is 122 Å². The van der Waals surface area contributed by atoms with Crippen LogP contribution in [0.4, 0.5) is 0 Å². The fraction of sp³-hybridized carbons (Fsp3) is 0.0182. The van der Waals surface area contributed by atoms with Crippen molar-refractivity contribution in [2.45, 2.75) is 5.41 Å². The highest BCUT2D eigenvalue weighted by molar-refractivity contribution is 7.22. The predicted molar refractivity (Wildman–Crippen MR) is 239 cm³/mol. The smallest absolute Gasteiger partial charge is 0.0740 e. The van der Waals surface area contributed by atoms with Gasteiger partial charge in [0.15, 0.2) is 0 Å². The molecule has 1 spiro atoms. The zero-order valence-electron chi connectivity index (χ0n) is 30.4. The second-order valence-electron chi connectivity index (χ2n) is 15.4. The molecule has 0 radical (unpaired) electrons. The molecule has 0 bridgehead atoms. The first-order chi connectivity index (χ1) is 27.8. The summed E-state index contributed by atoms with van der Waals surface area (Å²) in [4.78, 5) is 1.40. The molecule has 0 saturated heterocycles. The number of rotatable bonds is 2. The summed E-state index contributed by atoms with van der Waals surface area (Å²) in [5.74, 6) is 0. The molecule has 1 heterocycles. The minimum absolute atomic E-state index is 0.454. The van der Waals surface area contributed by atoms with Gasteiger partial charge in [-0.25, -0.2) is 0 Å². The maximum atomic E-state index is 2.58. The molecule has 1 unspecified atom stereocenters. The normalized spacial score (nSPS) is 15.2. The number of thiophene rings is 1. The fourth-order valence-electron chi connectivity index (χ4n) is 10.7. The van der Waals surface area contributed by atoms with Crippen LogP contribution < -0.4 is 0 Å². The zero-order chi connectivity index (χ0) is 36.5. The van der Waals surface area contributed by atoms with E-state index in [1.807, 2.05) is 11.3 Å². The van der Waals surface area contributed by atoms with Gasteiger partial charge in [0.05, 0.1) is 5.41 Å². The van der Waals surface area contributed by atoms with Gasteiger partial charge in [-0.1, -0.05) is 182 Å². The molecule has 2 aliphatic carbocycles. The largest absolute Gasteiger partial charge is 0.135 e. The van der Waals surface area contributed by atoms with Crippen molar-refractivity contribution < 1.29 is 0 Å². The molecule has 258 valence electrons. The van der Waals surface area contributed by atoms with Gasteiger partial charge >= 0.3 is 0 Å². The van der Waals surface area contributed by atoms with E-state index in [0.29, 0.717) is 0 Å². The molecule has 1 aromatic heterocycles. The molecule has 2 aliphatic rings. The monoisotopic (exact) mass is 724 g/mol. The van der Waals surface area contributed by atoms with Crippen LogP contribution in [0.15, 0.2) is 194 Å². The number of fused-ring (bicyclic) bond motifs is 17. The van der Waals surface area contributed by atoms with E-state index in [1.165, 1.54) is 119 Å². The van der Waals surface area contributed by atoms with Crippen molar-refractivity contribution in [3.05, 3.63) is 216 Å². The second kappa shape index (κ2) is 11.1. The van der Waals surface area contributed by atoms with Gasteiger partial charge in [0, 0.05) is 9.58 Å². The van der Waals surface area contributed by atoms with Gasteiger partial charge in [0.2, 0.25) is 0 Å². The van der Waals surface area contributed by atoms with Crippen LogP contribution in [0, 0.1) is 0 Å². The molecule has 0 saturated carbocycles. The van der Waals surface area contributed by atoms with E-state index >= 15 is 0 Å². The third kappa shape index (κ3) is 3.78. The fourth-order valence-corrected chi connectivity index (χ4v) is 12.0. The first-order valence-electron chi connectivity index (χ1n) is 19.5. The quantitative estimate of drug-likeness (QED) is 0.156. The van der Waals surface area contributed by atoms with E-state index in [9.17, 15) is 0 Å². The number of benzene rings is 10. The average Bonchev–Trinajstić information content (AvgIpc) is 3.89. The number of hydrogen-bond acceptors (Lipinski definition) is 1. The Kier molecular flexibility index (Phi) is 6.07. The summed E-state index contributed by atoms with van der Waals surface area (Å²) in [7, 11) is 0. The van der Waals surface area contributed by atoms with E-state index in [1.54, 1.807) is 0 Å². The van der Waals surface area contributed by atoms with Gasteiger partial charge in [-0.2, -0.15) is 0 Å². The maximum absolute atomic E-state index is 2.58. The van der Waals surface area contributed by atoms with Crippen molar-refractivity contribution in [2.75, 3.05) is 0 Å². The summed E-state index contributed by atoms with van der Waals surface area (Å²) in [5, 5.41) is 11.6. The summed E-state index contributed by atoms with van der Waals surface area (Å²) in [6, 6.07) is 73.1. The molecule has 0 amide bonds. The highest BCUT2D eigenvalue weighted by atomic mass is 32.1. The van der Waals surface area contributed by atoms with Crippen LogP contribution in [-0.2, 0) is 5.41 Å². The van der Waals surface area contributed by atoms with Crippen LogP contribution >= 0.6 is 11.3 Å². The lowest BCUT2D eigenvalue weighted by molar-refractivity contribution is 0.804. The lowest BCUT2D eigenvalue weighted by atomic mass is 9.69. The Morgan fingerprint density at radius 2 is 0.893 bits per heavy atom. The van der Waals surface area contributed by atoms with Crippen molar-refractivity contribution >= 4 is 64.5 Å². The van der Waals surface area contributed by atoms with Crippen molar-refractivity contribution in [3.63, 3.8) is 0 Å². The molecule has 1 atom stereocenters. The summed E-state index contributed by atoms with van der Waals surface area (Å²) in [5.41, 5.74) is 14.3. The topological polar surface area (TPSA) is 0 Å². The van der Waals surface area contributed by atoms with Crippen LogP contribution in [0.2, 0.25) is 0 Å². The molecule has 13 rings (SSSR count). The van der Waals surface area contributed by atoms with Gasteiger partial charge in [-0.3, -0.25) is 0 Å². The van der Waals surface area contributed by atoms with E-state index in [4.69, 9.17) is 0 Å². The van der Waals surface area contributed by atoms with E-state index < -0.39 is 5.41 Å². The van der Waals surface area contributed by atoms with Crippen LogP contribution in [0.1, 0.15) is 22.3 Å². The van der Waals surface area contributed by atoms with Crippen LogP contribution in [-0.4, -0.2) is 0 Å². The van der Waals surface area contributed by atoms with Gasteiger partial charge in [-0.15, -0.1) is 11.3 Å². The summed E-state index contributed by atoms with van der Waals surface area (Å²) < 4.78 is 1.35. The third-order valence-electron chi connectivity index (χ3n) is 12.9. The SMILES string of the molecule is c1ccc2c(c1)-c1sc3ccccc3c1C21c2cc(-c3c4ccccc4c(-c4cccc5ccccc45)c4ccccc34)ccc2-c2c1ccc1ccccc21. The summed E-state index contributed by atoms with van der Waals surface area (Å²) in [6.45, 7) is 0. The summed E-state index contributed by atoms with van der Waals surface area (Å²) >= 11 is 1.95. The van der Waals surface area contributed by atoms with Gasteiger partial charge in [0.25, 0.3) is 0 Å². The third-order valence-corrected chi connectivity index (χ3v) is 14.1. The zero-order valence-corrected chi connectivity index (χ0v) is 31.2. The van der Waals surface area contributed by atoms with Crippen LogP contribution in [0.5, 0.6) is 0 Å². The summed E-state index contributed by atoms with van der Waals surface area (Å²) in [6.07, 6.45) is 0. The molecule has 0 nitrogen and oxygen atoms in total. The van der Waals surface area contributed by atoms with Crippen LogP contribution in [0.25, 0.3) is 97.0 Å². The van der Waals surface area contributed by atoms with Gasteiger partial charge in [0.1, 0.15) is 0 Å².